The first-order valence-electron chi connectivity index (χ1n) is 9.07. The molecule has 9 nitrogen and oxygen atoms in total. The van der Waals surface area contributed by atoms with E-state index in [1.54, 1.807) is 17.2 Å². The van der Waals surface area contributed by atoms with Gasteiger partial charge in [0, 0.05) is 31.3 Å². The molecule has 4 rings (SSSR count). The average Bonchev–Trinajstić information content (AvgIpc) is 3.02. The van der Waals surface area contributed by atoms with Crippen LogP contribution in [0, 0.1) is 0 Å². The lowest BCUT2D eigenvalue weighted by atomic mass is 10.0. The highest BCUT2D eigenvalue weighted by Gasteiger charge is 2.39. The smallest absolute Gasteiger partial charge is 0.255 e. The van der Waals surface area contributed by atoms with E-state index < -0.39 is 11.9 Å². The molecule has 2 aromatic rings. The number of nitrogens with one attached hydrogen (secondary N) is 2. The molecule has 0 aliphatic carbocycles. The maximum Gasteiger partial charge on any atom is 0.255 e. The zero-order valence-corrected chi connectivity index (χ0v) is 15.1. The normalized spacial score (nSPS) is 18.8. The Hall–Kier alpha value is -3.33. The number of piperidine rings is 1. The summed E-state index contributed by atoms with van der Waals surface area (Å²) in [6.45, 7) is 1.12. The van der Waals surface area contributed by atoms with Crippen LogP contribution in [0.3, 0.4) is 0 Å². The van der Waals surface area contributed by atoms with Crippen LogP contribution in [-0.2, 0) is 29.2 Å². The van der Waals surface area contributed by atoms with Crippen LogP contribution in [0.15, 0.2) is 30.5 Å². The molecule has 3 amide bonds. The molecular weight excluding hydrogens is 360 g/mol. The van der Waals surface area contributed by atoms with Crippen LogP contribution in [0.5, 0.6) is 0 Å². The molecule has 1 aromatic heterocycles. The third-order valence-corrected chi connectivity index (χ3v) is 4.95. The fraction of sp³-hybridized carbons (Fsp3) is 0.316. The first-order valence-corrected chi connectivity index (χ1v) is 9.07. The van der Waals surface area contributed by atoms with E-state index in [4.69, 9.17) is 5.73 Å². The van der Waals surface area contributed by atoms with Crippen molar-refractivity contribution in [1.82, 2.24) is 20.2 Å². The van der Waals surface area contributed by atoms with Crippen LogP contribution in [0.4, 0.5) is 5.82 Å². The van der Waals surface area contributed by atoms with Gasteiger partial charge in [0.25, 0.3) is 5.91 Å². The molecule has 4 N–H and O–H groups in total. The summed E-state index contributed by atoms with van der Waals surface area (Å²) in [5.74, 6) is 0.334. The van der Waals surface area contributed by atoms with E-state index in [2.05, 4.69) is 20.6 Å². The molecule has 2 aliphatic rings. The molecule has 1 atom stereocenters. The van der Waals surface area contributed by atoms with Crippen LogP contribution >= 0.6 is 0 Å². The van der Waals surface area contributed by atoms with Gasteiger partial charge in [-0.05, 0) is 29.7 Å². The van der Waals surface area contributed by atoms with Crippen LogP contribution in [-0.4, -0.2) is 38.6 Å². The molecule has 0 saturated carbocycles. The fourth-order valence-corrected chi connectivity index (χ4v) is 3.50. The zero-order chi connectivity index (χ0) is 19.7. The van der Waals surface area contributed by atoms with Gasteiger partial charge in [0.2, 0.25) is 11.8 Å². The van der Waals surface area contributed by atoms with Crippen LogP contribution < -0.4 is 16.4 Å². The van der Waals surface area contributed by atoms with Crippen molar-refractivity contribution in [3.63, 3.8) is 0 Å². The molecule has 0 bridgehead atoms. The Kier molecular flexibility index (Phi) is 4.74. The fourth-order valence-electron chi connectivity index (χ4n) is 3.50. The minimum Gasteiger partial charge on any atom is -0.366 e. The summed E-state index contributed by atoms with van der Waals surface area (Å²) in [6, 6.07) is 6.83. The molecule has 1 aromatic carbocycles. The van der Waals surface area contributed by atoms with E-state index in [1.165, 1.54) is 0 Å². The Morgan fingerprint density at radius 1 is 1.25 bits per heavy atom. The molecule has 2 aliphatic heterocycles. The third-order valence-electron chi connectivity index (χ3n) is 4.95. The van der Waals surface area contributed by atoms with Crippen molar-refractivity contribution in [2.45, 2.75) is 38.5 Å². The number of carbonyl (C=O) groups is 3. The molecule has 0 spiro atoms. The maximum absolute atomic E-state index is 12.8. The summed E-state index contributed by atoms with van der Waals surface area (Å²) in [6.07, 6.45) is 2.24. The van der Waals surface area contributed by atoms with Gasteiger partial charge in [-0.15, -0.1) is 0 Å². The third kappa shape index (κ3) is 3.44. The summed E-state index contributed by atoms with van der Waals surface area (Å²) >= 11 is 0. The topological polar surface area (TPSA) is 130 Å². The Morgan fingerprint density at radius 2 is 2.11 bits per heavy atom. The predicted molar refractivity (Wildman–Crippen MR) is 99.7 cm³/mol. The Bertz CT molecular complexity index is 960. The van der Waals surface area contributed by atoms with Crippen molar-refractivity contribution >= 4 is 23.5 Å². The Labute approximate surface area is 161 Å². The number of amides is 3. The van der Waals surface area contributed by atoms with Gasteiger partial charge in [-0.25, -0.2) is 9.97 Å². The van der Waals surface area contributed by atoms with Gasteiger partial charge in [0.15, 0.2) is 0 Å². The summed E-state index contributed by atoms with van der Waals surface area (Å²) in [4.78, 5) is 46.2. The molecular formula is C19H20N6O3. The number of imide groups is 1. The number of nitrogens with two attached hydrogens (primary N) is 1. The number of rotatable bonds is 5. The molecule has 28 heavy (non-hydrogen) atoms. The number of hydrogen-bond acceptors (Lipinski definition) is 7. The number of hydrogen-bond donors (Lipinski definition) is 3. The molecule has 1 fully saturated rings. The monoisotopic (exact) mass is 380 g/mol. The van der Waals surface area contributed by atoms with Gasteiger partial charge in [-0.1, -0.05) is 12.1 Å². The van der Waals surface area contributed by atoms with E-state index in [1.807, 2.05) is 18.2 Å². The van der Waals surface area contributed by atoms with Crippen molar-refractivity contribution in [3.8, 4) is 0 Å². The lowest BCUT2D eigenvalue weighted by Gasteiger charge is -2.29. The number of nitrogens with zero attached hydrogens (tertiary/aromatic N) is 3. The van der Waals surface area contributed by atoms with Gasteiger partial charge < -0.3 is 16.0 Å². The van der Waals surface area contributed by atoms with Crippen LogP contribution in [0.25, 0.3) is 0 Å². The van der Waals surface area contributed by atoms with Crippen molar-refractivity contribution < 1.29 is 14.4 Å². The zero-order valence-electron chi connectivity index (χ0n) is 15.1. The summed E-state index contributed by atoms with van der Waals surface area (Å²) < 4.78 is 0. The molecule has 3 heterocycles. The van der Waals surface area contributed by atoms with Gasteiger partial charge in [0.05, 0.1) is 6.54 Å². The number of fused-ring (bicyclic) bond motifs is 1. The lowest BCUT2D eigenvalue weighted by molar-refractivity contribution is -0.136. The van der Waals surface area contributed by atoms with Crippen molar-refractivity contribution in [3.05, 3.63) is 53.0 Å². The van der Waals surface area contributed by atoms with Gasteiger partial charge in [-0.3, -0.25) is 19.7 Å². The molecule has 9 heteroatoms. The highest BCUT2D eigenvalue weighted by Crippen LogP contribution is 2.28. The second-order valence-electron chi connectivity index (χ2n) is 6.81. The SMILES string of the molecule is NCc1nccc(NCc2ccc3c(c2)C(=O)N(C2CCC(=O)NC2=O)C3)n1. The van der Waals surface area contributed by atoms with E-state index in [-0.39, 0.29) is 24.8 Å². The lowest BCUT2D eigenvalue weighted by Crippen LogP contribution is -2.52. The quantitative estimate of drug-likeness (QED) is 0.636. The van der Waals surface area contributed by atoms with Crippen molar-refractivity contribution in [2.75, 3.05) is 5.32 Å². The second-order valence-corrected chi connectivity index (χ2v) is 6.81. The average molecular weight is 380 g/mol. The number of anilines is 1. The minimum absolute atomic E-state index is 0.182. The second kappa shape index (κ2) is 7.35. The van der Waals surface area contributed by atoms with Crippen LogP contribution in [0.2, 0.25) is 0 Å². The number of benzene rings is 1. The molecule has 0 radical (unpaired) electrons. The van der Waals surface area contributed by atoms with E-state index in [0.717, 1.165) is 11.1 Å². The summed E-state index contributed by atoms with van der Waals surface area (Å²) in [7, 11) is 0. The molecule has 1 saturated heterocycles. The number of carbonyl (C=O) groups excluding carboxylic acids is 3. The van der Waals surface area contributed by atoms with Crippen molar-refractivity contribution in [2.24, 2.45) is 5.73 Å². The summed E-state index contributed by atoms with van der Waals surface area (Å²) in [5.41, 5.74) is 7.95. The maximum atomic E-state index is 12.8. The van der Waals surface area contributed by atoms with Crippen molar-refractivity contribution in [1.29, 1.82) is 0 Å². The number of aromatic nitrogens is 2. The Morgan fingerprint density at radius 3 is 2.89 bits per heavy atom. The Balaban J connectivity index is 1.46. The van der Waals surface area contributed by atoms with Gasteiger partial charge >= 0.3 is 0 Å². The van der Waals surface area contributed by atoms with E-state index in [0.29, 0.717) is 36.7 Å². The highest BCUT2D eigenvalue weighted by molar-refractivity contribution is 6.05. The first-order chi connectivity index (χ1) is 13.5. The molecule has 144 valence electrons. The van der Waals surface area contributed by atoms with E-state index >= 15 is 0 Å². The standard InChI is InChI=1S/C19H20N6O3/c20-8-16-21-6-5-15(23-16)22-9-11-1-2-12-10-25(19(28)13(12)7-11)14-3-4-17(26)24-18(14)27/h1-2,5-7,14H,3-4,8-10,20H2,(H,21,22,23)(H,24,26,27). The van der Waals surface area contributed by atoms with E-state index in [9.17, 15) is 14.4 Å². The largest absolute Gasteiger partial charge is 0.366 e. The summed E-state index contributed by atoms with van der Waals surface area (Å²) in [5, 5.41) is 5.51. The first kappa shape index (κ1) is 18.1. The predicted octanol–water partition coefficient (Wildman–Crippen LogP) is 0.308. The molecule has 1 unspecified atom stereocenters. The van der Waals surface area contributed by atoms with Gasteiger partial charge in [0.1, 0.15) is 17.7 Å². The van der Waals surface area contributed by atoms with Gasteiger partial charge in [-0.2, -0.15) is 0 Å². The minimum atomic E-state index is -0.602. The highest BCUT2D eigenvalue weighted by atomic mass is 16.2. The van der Waals surface area contributed by atoms with Crippen LogP contribution in [0.1, 0.15) is 40.2 Å².